The first-order chi connectivity index (χ1) is 5.36. The molecule has 5 heteroatoms. The number of hydrogen-bond acceptors (Lipinski definition) is 4. The quantitative estimate of drug-likeness (QED) is 0.431. The number of nitrogens with two attached hydrogens (primary N) is 1. The maximum Gasteiger partial charge on any atom is 0.328 e. The fourth-order valence-corrected chi connectivity index (χ4v) is 0.882. The third-order valence-electron chi connectivity index (χ3n) is 1.82. The van der Waals surface area contributed by atoms with Gasteiger partial charge < -0.3 is 21.1 Å². The Morgan fingerprint density at radius 3 is 2.08 bits per heavy atom. The van der Waals surface area contributed by atoms with E-state index < -0.39 is 24.2 Å². The summed E-state index contributed by atoms with van der Waals surface area (Å²) in [4.78, 5) is 10.6. The molecule has 0 rings (SSSR count). The molecule has 0 bridgehead atoms. The van der Waals surface area contributed by atoms with Crippen LogP contribution in [-0.4, -0.2) is 39.5 Å². The fourth-order valence-electron chi connectivity index (χ4n) is 0.882. The van der Waals surface area contributed by atoms with E-state index in [0.29, 0.717) is 0 Å². The molecule has 72 valence electrons. The van der Waals surface area contributed by atoms with Crippen LogP contribution in [0.25, 0.3) is 0 Å². The van der Waals surface area contributed by atoms with Crippen LogP contribution in [0.4, 0.5) is 0 Å². The molecule has 2 atom stereocenters. The van der Waals surface area contributed by atoms with Gasteiger partial charge in [0.05, 0.1) is 12.7 Å². The number of carbonyl (C=O) groups is 1. The fraction of sp³-hybridized carbons (Fsp3) is 0.857. The van der Waals surface area contributed by atoms with Crippen molar-refractivity contribution < 1.29 is 20.1 Å². The van der Waals surface area contributed by atoms with Crippen molar-refractivity contribution in [1.29, 1.82) is 0 Å². The summed E-state index contributed by atoms with van der Waals surface area (Å²) in [6.45, 7) is 2.48. The smallest absolute Gasteiger partial charge is 0.328 e. The third-order valence-corrected chi connectivity index (χ3v) is 1.82. The average Bonchev–Trinajstić information content (AvgIpc) is 2.01. The lowest BCUT2D eigenvalue weighted by Gasteiger charge is -2.30. The van der Waals surface area contributed by atoms with Gasteiger partial charge in [-0.05, 0) is 5.92 Å². The second-order valence-corrected chi connectivity index (χ2v) is 3.19. The van der Waals surface area contributed by atoms with Gasteiger partial charge in [-0.25, -0.2) is 0 Å². The molecule has 0 heterocycles. The van der Waals surface area contributed by atoms with E-state index in [1.54, 1.807) is 13.8 Å². The summed E-state index contributed by atoms with van der Waals surface area (Å²) in [6, 6.07) is 0. The highest BCUT2D eigenvalue weighted by molar-refractivity contribution is 5.79. The maximum absolute atomic E-state index is 10.6. The monoisotopic (exact) mass is 177 g/mol. The lowest BCUT2D eigenvalue weighted by Crippen LogP contribution is -2.61. The van der Waals surface area contributed by atoms with Crippen LogP contribution in [0.2, 0.25) is 0 Å². The molecule has 5 N–H and O–H groups in total. The Morgan fingerprint density at radius 1 is 1.58 bits per heavy atom. The molecule has 0 spiro atoms. The Hall–Kier alpha value is -0.650. The summed E-state index contributed by atoms with van der Waals surface area (Å²) in [5.41, 5.74) is 3.33. The van der Waals surface area contributed by atoms with E-state index in [1.807, 2.05) is 0 Å². The van der Waals surface area contributed by atoms with Crippen LogP contribution < -0.4 is 5.73 Å². The van der Waals surface area contributed by atoms with Gasteiger partial charge in [-0.1, -0.05) is 13.8 Å². The van der Waals surface area contributed by atoms with Crippen LogP contribution in [0.15, 0.2) is 0 Å². The Labute approximate surface area is 70.8 Å². The molecule has 0 aromatic rings. The first-order valence-electron chi connectivity index (χ1n) is 3.67. The van der Waals surface area contributed by atoms with E-state index >= 15 is 0 Å². The van der Waals surface area contributed by atoms with Gasteiger partial charge in [-0.15, -0.1) is 0 Å². The second kappa shape index (κ2) is 3.84. The van der Waals surface area contributed by atoms with Gasteiger partial charge >= 0.3 is 5.97 Å². The van der Waals surface area contributed by atoms with Crippen LogP contribution >= 0.6 is 0 Å². The topological polar surface area (TPSA) is 104 Å². The van der Waals surface area contributed by atoms with E-state index in [0.717, 1.165) is 0 Å². The molecule has 0 saturated heterocycles. The molecule has 5 nitrogen and oxygen atoms in total. The number of carboxylic acids is 1. The van der Waals surface area contributed by atoms with Crippen LogP contribution in [0.1, 0.15) is 13.8 Å². The van der Waals surface area contributed by atoms with Crippen LogP contribution in [0.3, 0.4) is 0 Å². The van der Waals surface area contributed by atoms with E-state index in [2.05, 4.69) is 0 Å². The zero-order valence-corrected chi connectivity index (χ0v) is 7.19. The summed E-state index contributed by atoms with van der Waals surface area (Å²) in [6.07, 6.45) is -1.25. The van der Waals surface area contributed by atoms with Crippen molar-refractivity contribution in [3.8, 4) is 0 Å². The highest BCUT2D eigenvalue weighted by Gasteiger charge is 2.42. The number of aliphatic hydroxyl groups is 2. The van der Waals surface area contributed by atoms with Gasteiger partial charge in [0.2, 0.25) is 0 Å². The van der Waals surface area contributed by atoms with E-state index in [9.17, 15) is 9.90 Å². The van der Waals surface area contributed by atoms with Crippen LogP contribution in [0.5, 0.6) is 0 Å². The molecular formula is C7H15NO4. The molecule has 0 aromatic heterocycles. The Balaban J connectivity index is 4.63. The van der Waals surface area contributed by atoms with Gasteiger partial charge in [-0.3, -0.25) is 4.79 Å². The van der Waals surface area contributed by atoms with Crippen molar-refractivity contribution in [2.75, 3.05) is 6.61 Å². The molecular weight excluding hydrogens is 162 g/mol. The van der Waals surface area contributed by atoms with Crippen LogP contribution in [0, 0.1) is 5.92 Å². The molecule has 0 fully saturated rings. The average molecular weight is 177 g/mol. The summed E-state index contributed by atoms with van der Waals surface area (Å²) in [5.74, 6) is -1.70. The van der Waals surface area contributed by atoms with Crippen molar-refractivity contribution >= 4 is 5.97 Å². The molecule has 0 aromatic carbocycles. The number of rotatable bonds is 4. The molecule has 0 amide bonds. The zero-order valence-electron chi connectivity index (χ0n) is 7.19. The van der Waals surface area contributed by atoms with Gasteiger partial charge in [0.25, 0.3) is 0 Å². The Kier molecular flexibility index (Phi) is 3.63. The van der Waals surface area contributed by atoms with Gasteiger partial charge in [0, 0.05) is 0 Å². The number of carboxylic acid groups (broad SMARTS) is 1. The lowest BCUT2D eigenvalue weighted by atomic mass is 9.87. The number of hydrogen-bond donors (Lipinski definition) is 4. The number of aliphatic hydroxyl groups excluding tert-OH is 2. The van der Waals surface area contributed by atoms with Crippen molar-refractivity contribution in [2.45, 2.75) is 25.5 Å². The first-order valence-corrected chi connectivity index (χ1v) is 3.67. The van der Waals surface area contributed by atoms with Gasteiger partial charge in [0.15, 0.2) is 5.54 Å². The van der Waals surface area contributed by atoms with Gasteiger partial charge in [0.1, 0.15) is 0 Å². The van der Waals surface area contributed by atoms with Crippen molar-refractivity contribution in [3.05, 3.63) is 0 Å². The van der Waals surface area contributed by atoms with Crippen LogP contribution in [-0.2, 0) is 4.79 Å². The minimum atomic E-state index is -1.95. The third kappa shape index (κ3) is 1.94. The van der Waals surface area contributed by atoms with Crippen molar-refractivity contribution in [3.63, 3.8) is 0 Å². The van der Waals surface area contributed by atoms with Gasteiger partial charge in [-0.2, -0.15) is 0 Å². The molecule has 0 unspecified atom stereocenters. The predicted molar refractivity (Wildman–Crippen MR) is 42.5 cm³/mol. The minimum absolute atomic E-state index is 0.307. The zero-order chi connectivity index (χ0) is 9.94. The standard InChI is InChI=1S/C7H15NO4/c1-4(2)5(10)7(8,3-9)6(11)12/h4-5,9-10H,3,8H2,1-2H3,(H,11,12)/t5-,7+/m0/s1. The highest BCUT2D eigenvalue weighted by atomic mass is 16.4. The predicted octanol–water partition coefficient (Wildman–Crippen LogP) is -1.22. The molecule has 12 heavy (non-hydrogen) atoms. The molecule has 0 aliphatic carbocycles. The second-order valence-electron chi connectivity index (χ2n) is 3.19. The molecule has 0 aliphatic heterocycles. The highest BCUT2D eigenvalue weighted by Crippen LogP contribution is 2.15. The minimum Gasteiger partial charge on any atom is -0.480 e. The number of aliphatic carboxylic acids is 1. The maximum atomic E-state index is 10.6. The lowest BCUT2D eigenvalue weighted by molar-refractivity contribution is -0.152. The van der Waals surface area contributed by atoms with Crippen molar-refractivity contribution in [1.82, 2.24) is 0 Å². The summed E-state index contributed by atoms with van der Waals surface area (Å²) in [7, 11) is 0. The van der Waals surface area contributed by atoms with Crippen molar-refractivity contribution in [2.24, 2.45) is 11.7 Å². The largest absolute Gasteiger partial charge is 0.480 e. The van der Waals surface area contributed by atoms with E-state index in [4.69, 9.17) is 15.9 Å². The molecule has 0 saturated carbocycles. The normalized spacial score (nSPS) is 18.8. The summed E-state index contributed by atoms with van der Waals surface area (Å²) >= 11 is 0. The Bertz CT molecular complexity index is 171. The van der Waals surface area contributed by atoms with E-state index in [1.165, 1.54) is 0 Å². The Morgan fingerprint density at radius 2 is 2.00 bits per heavy atom. The molecule has 0 aliphatic rings. The SMILES string of the molecule is CC(C)[C@H](O)[C@](N)(CO)C(=O)O. The summed E-state index contributed by atoms with van der Waals surface area (Å²) in [5, 5.41) is 26.7. The summed E-state index contributed by atoms with van der Waals surface area (Å²) < 4.78 is 0. The first kappa shape index (κ1) is 11.4. The molecule has 0 radical (unpaired) electrons. The van der Waals surface area contributed by atoms with E-state index in [-0.39, 0.29) is 5.92 Å².